The van der Waals surface area contributed by atoms with E-state index in [0.29, 0.717) is 19.3 Å². The summed E-state index contributed by atoms with van der Waals surface area (Å²) in [5.41, 5.74) is 0. The van der Waals surface area contributed by atoms with Gasteiger partial charge in [-0.25, -0.2) is 0 Å². The molecule has 0 N–H and O–H groups in total. The molecule has 0 rings (SSSR count). The van der Waals surface area contributed by atoms with Crippen LogP contribution >= 0.6 is 0 Å². The van der Waals surface area contributed by atoms with E-state index in [1.165, 1.54) is 141 Å². The maximum absolute atomic E-state index is 12.8. The maximum atomic E-state index is 12.8. The third kappa shape index (κ3) is 51.9. The number of allylic oxidation sites excluding steroid dienone is 10. The van der Waals surface area contributed by atoms with Gasteiger partial charge in [0.15, 0.2) is 6.10 Å². The van der Waals surface area contributed by atoms with Crippen molar-refractivity contribution >= 4 is 17.9 Å². The molecule has 0 spiro atoms. The van der Waals surface area contributed by atoms with Crippen molar-refractivity contribution < 1.29 is 28.6 Å². The Kier molecular flexibility index (Phi) is 51.3. The lowest BCUT2D eigenvalue weighted by atomic mass is 10.1. The van der Waals surface area contributed by atoms with Crippen LogP contribution in [0.15, 0.2) is 60.8 Å². The van der Waals surface area contributed by atoms with Crippen molar-refractivity contribution in [2.24, 2.45) is 0 Å². The lowest BCUT2D eigenvalue weighted by Gasteiger charge is -2.18. The van der Waals surface area contributed by atoms with Crippen LogP contribution in [0.25, 0.3) is 0 Å². The summed E-state index contributed by atoms with van der Waals surface area (Å²) in [7, 11) is 0. The molecule has 0 saturated carbocycles. The summed E-state index contributed by atoms with van der Waals surface area (Å²) in [5, 5.41) is 0. The van der Waals surface area contributed by atoms with E-state index < -0.39 is 6.10 Å². The largest absolute Gasteiger partial charge is 0.462 e. The highest BCUT2D eigenvalue weighted by Crippen LogP contribution is 2.15. The van der Waals surface area contributed by atoms with Gasteiger partial charge in [-0.2, -0.15) is 0 Å². The Morgan fingerprint density at radius 1 is 0.308 bits per heavy atom. The molecule has 376 valence electrons. The predicted octanol–water partition coefficient (Wildman–Crippen LogP) is 18.4. The number of hydrogen-bond donors (Lipinski definition) is 0. The molecular formula is C59H104O6. The molecule has 1 atom stereocenters. The minimum atomic E-state index is -0.779. The Morgan fingerprint density at radius 3 is 0.877 bits per heavy atom. The van der Waals surface area contributed by atoms with Gasteiger partial charge in [-0.1, -0.05) is 229 Å². The summed E-state index contributed by atoms with van der Waals surface area (Å²) in [5.74, 6) is -0.902. The Morgan fingerprint density at radius 2 is 0.554 bits per heavy atom. The van der Waals surface area contributed by atoms with Gasteiger partial charge in [-0.05, 0) is 89.9 Å². The van der Waals surface area contributed by atoms with Gasteiger partial charge in [0.05, 0.1) is 0 Å². The van der Waals surface area contributed by atoms with Crippen molar-refractivity contribution in [1.82, 2.24) is 0 Å². The first-order chi connectivity index (χ1) is 32.0. The zero-order chi connectivity index (χ0) is 47.2. The second-order valence-electron chi connectivity index (χ2n) is 18.5. The molecule has 65 heavy (non-hydrogen) atoms. The van der Waals surface area contributed by atoms with Gasteiger partial charge in [0.1, 0.15) is 13.2 Å². The highest BCUT2D eigenvalue weighted by Gasteiger charge is 2.19. The predicted molar refractivity (Wildman–Crippen MR) is 279 cm³/mol. The van der Waals surface area contributed by atoms with E-state index in [0.717, 1.165) is 96.3 Å². The molecule has 0 heterocycles. The number of ether oxygens (including phenoxy) is 3. The first kappa shape index (κ1) is 62.1. The molecule has 0 fully saturated rings. The molecule has 0 aliphatic rings. The second kappa shape index (κ2) is 53.7. The number of rotatable bonds is 50. The van der Waals surface area contributed by atoms with Crippen LogP contribution in [0, 0.1) is 0 Å². The summed E-state index contributed by atoms with van der Waals surface area (Å²) in [6.45, 7) is 6.55. The minimum absolute atomic E-state index is 0.0807. The topological polar surface area (TPSA) is 78.9 Å². The summed E-state index contributed by atoms with van der Waals surface area (Å²) in [6.07, 6.45) is 66.7. The molecule has 0 saturated heterocycles. The highest BCUT2D eigenvalue weighted by atomic mass is 16.6. The van der Waals surface area contributed by atoms with Crippen LogP contribution in [0.5, 0.6) is 0 Å². The molecule has 6 heteroatoms. The van der Waals surface area contributed by atoms with Crippen LogP contribution in [0.3, 0.4) is 0 Å². The molecule has 0 aliphatic heterocycles. The standard InChI is InChI=1S/C59H104O6/c1-4-7-10-13-16-18-20-22-24-26-27-28-29-30-31-32-33-34-36-37-39-41-43-46-49-52-58(61)64-55-56(54-63-57(60)51-48-45-15-12-9-6-3)65-59(62)53-50-47-44-42-40-38-35-25-23-21-19-17-14-11-8-5-2/h19-22,25-27,29-30,35,56H,4-18,23-24,28,31-34,36-55H2,1-3H3/b21-19-,22-20-,27-26-,30-29-,35-25-. The summed E-state index contributed by atoms with van der Waals surface area (Å²) < 4.78 is 16.7. The third-order valence-electron chi connectivity index (χ3n) is 12.0. The van der Waals surface area contributed by atoms with Crippen LogP contribution in [-0.4, -0.2) is 37.2 Å². The van der Waals surface area contributed by atoms with Crippen molar-refractivity contribution in [2.45, 2.75) is 284 Å². The van der Waals surface area contributed by atoms with Gasteiger partial charge in [-0.15, -0.1) is 0 Å². The van der Waals surface area contributed by atoms with Gasteiger partial charge in [0.25, 0.3) is 0 Å². The molecular weight excluding hydrogens is 805 g/mol. The number of hydrogen-bond acceptors (Lipinski definition) is 6. The quantitative estimate of drug-likeness (QED) is 0.0262. The molecule has 0 aromatic rings. The Balaban J connectivity index is 4.15. The van der Waals surface area contributed by atoms with Gasteiger partial charge in [0, 0.05) is 19.3 Å². The van der Waals surface area contributed by atoms with Gasteiger partial charge in [0.2, 0.25) is 0 Å². The SMILES string of the molecule is CCCCCC/C=C\C/C=C\CCCCCCCC(=O)OC(COC(=O)CCCCCCCC)COC(=O)CCCCCCCCCCCC/C=C\C/C=C\C/C=C\CCCCCCC. The lowest BCUT2D eigenvalue weighted by molar-refractivity contribution is -0.167. The van der Waals surface area contributed by atoms with Crippen molar-refractivity contribution in [3.63, 3.8) is 0 Å². The fourth-order valence-corrected chi connectivity index (χ4v) is 7.77. The van der Waals surface area contributed by atoms with E-state index in [1.54, 1.807) is 0 Å². The maximum Gasteiger partial charge on any atom is 0.306 e. The molecule has 0 aliphatic carbocycles. The Bertz CT molecular complexity index is 1180. The number of carbonyl (C=O) groups is 3. The average molecular weight is 909 g/mol. The van der Waals surface area contributed by atoms with E-state index in [1.807, 2.05) is 0 Å². The normalized spacial score (nSPS) is 12.5. The molecule has 0 amide bonds. The van der Waals surface area contributed by atoms with Crippen LogP contribution in [0.4, 0.5) is 0 Å². The van der Waals surface area contributed by atoms with Crippen LogP contribution < -0.4 is 0 Å². The Labute approximate surface area is 402 Å². The number of carbonyl (C=O) groups excluding carboxylic acids is 3. The number of esters is 3. The van der Waals surface area contributed by atoms with Gasteiger partial charge in [-0.3, -0.25) is 14.4 Å². The van der Waals surface area contributed by atoms with Crippen molar-refractivity contribution in [3.05, 3.63) is 60.8 Å². The summed E-state index contributed by atoms with van der Waals surface area (Å²) in [6, 6.07) is 0. The first-order valence-corrected chi connectivity index (χ1v) is 27.8. The van der Waals surface area contributed by atoms with Gasteiger partial charge >= 0.3 is 17.9 Å². The number of unbranched alkanes of at least 4 members (excludes halogenated alkanes) is 29. The van der Waals surface area contributed by atoms with Crippen LogP contribution in [-0.2, 0) is 28.6 Å². The van der Waals surface area contributed by atoms with E-state index in [2.05, 4.69) is 81.5 Å². The minimum Gasteiger partial charge on any atom is -0.462 e. The zero-order valence-corrected chi connectivity index (χ0v) is 43.0. The first-order valence-electron chi connectivity index (χ1n) is 27.8. The van der Waals surface area contributed by atoms with Gasteiger partial charge < -0.3 is 14.2 Å². The summed E-state index contributed by atoms with van der Waals surface area (Å²) in [4.78, 5) is 37.8. The zero-order valence-electron chi connectivity index (χ0n) is 43.0. The highest BCUT2D eigenvalue weighted by molar-refractivity contribution is 5.71. The van der Waals surface area contributed by atoms with Crippen molar-refractivity contribution in [2.75, 3.05) is 13.2 Å². The smallest absolute Gasteiger partial charge is 0.306 e. The lowest BCUT2D eigenvalue weighted by Crippen LogP contribution is -2.30. The molecule has 0 bridgehead atoms. The van der Waals surface area contributed by atoms with Crippen molar-refractivity contribution in [3.8, 4) is 0 Å². The van der Waals surface area contributed by atoms with E-state index in [4.69, 9.17) is 14.2 Å². The molecule has 6 nitrogen and oxygen atoms in total. The van der Waals surface area contributed by atoms with E-state index in [9.17, 15) is 14.4 Å². The monoisotopic (exact) mass is 909 g/mol. The van der Waals surface area contributed by atoms with Crippen LogP contribution in [0.1, 0.15) is 278 Å². The molecule has 0 aromatic heterocycles. The van der Waals surface area contributed by atoms with E-state index in [-0.39, 0.29) is 31.1 Å². The molecule has 0 radical (unpaired) electrons. The Hall–Kier alpha value is -2.89. The fraction of sp³-hybridized carbons (Fsp3) is 0.780. The second-order valence-corrected chi connectivity index (χ2v) is 18.5. The van der Waals surface area contributed by atoms with Crippen molar-refractivity contribution in [1.29, 1.82) is 0 Å². The molecule has 0 aromatic carbocycles. The average Bonchev–Trinajstić information content (AvgIpc) is 3.30. The van der Waals surface area contributed by atoms with Crippen LogP contribution in [0.2, 0.25) is 0 Å². The molecule has 1 unspecified atom stereocenters. The van der Waals surface area contributed by atoms with E-state index >= 15 is 0 Å². The third-order valence-corrected chi connectivity index (χ3v) is 12.0. The summed E-state index contributed by atoms with van der Waals surface area (Å²) >= 11 is 0. The fourth-order valence-electron chi connectivity index (χ4n) is 7.77.